The van der Waals surface area contributed by atoms with E-state index in [4.69, 9.17) is 0 Å². The summed E-state index contributed by atoms with van der Waals surface area (Å²) in [7, 11) is 1.80. The molecule has 1 aromatic rings. The highest BCUT2D eigenvalue weighted by Gasteiger charge is 2.16. The van der Waals surface area contributed by atoms with Crippen molar-refractivity contribution in [2.24, 2.45) is 5.41 Å². The molecular weight excluding hydrogens is 264 g/mol. The van der Waals surface area contributed by atoms with E-state index < -0.39 is 0 Å². The molecule has 0 aliphatic rings. The quantitative estimate of drug-likeness (QED) is 0.759. The smallest absolute Gasteiger partial charge is 0.317 e. The molecule has 0 saturated carbocycles. The third kappa shape index (κ3) is 6.17. The van der Waals surface area contributed by atoms with Crippen LogP contribution in [0.2, 0.25) is 0 Å². The third-order valence-corrected chi connectivity index (χ3v) is 3.75. The first-order chi connectivity index (χ1) is 9.85. The molecule has 2 N–H and O–H groups in total. The molecule has 0 fully saturated rings. The minimum absolute atomic E-state index is 0.0555. The van der Waals surface area contributed by atoms with Crippen LogP contribution in [-0.4, -0.2) is 36.2 Å². The third-order valence-electron chi connectivity index (χ3n) is 3.75. The maximum Gasteiger partial charge on any atom is 0.317 e. The number of nitrogens with zero attached hydrogens (tertiary/aromatic N) is 1. The summed E-state index contributed by atoms with van der Waals surface area (Å²) in [5.74, 6) is 0. The van der Waals surface area contributed by atoms with Gasteiger partial charge in [-0.15, -0.1) is 0 Å². The highest BCUT2D eigenvalue weighted by Crippen LogP contribution is 2.20. The number of hydrogen-bond donors (Lipinski definition) is 2. The van der Waals surface area contributed by atoms with E-state index in [1.54, 1.807) is 11.9 Å². The number of hydrogen-bond acceptors (Lipinski definition) is 2. The van der Waals surface area contributed by atoms with E-state index in [0.717, 1.165) is 18.4 Å². The van der Waals surface area contributed by atoms with Crippen molar-refractivity contribution in [3.05, 3.63) is 35.4 Å². The van der Waals surface area contributed by atoms with Crippen LogP contribution in [0.3, 0.4) is 0 Å². The molecule has 4 heteroatoms. The van der Waals surface area contributed by atoms with Crippen molar-refractivity contribution in [2.75, 3.05) is 20.2 Å². The minimum atomic E-state index is -0.0716. The van der Waals surface area contributed by atoms with Crippen molar-refractivity contribution in [1.29, 1.82) is 0 Å². The Labute approximate surface area is 128 Å². The summed E-state index contributed by atoms with van der Waals surface area (Å²) in [6, 6.07) is 8.04. The Morgan fingerprint density at radius 2 is 2.00 bits per heavy atom. The number of amides is 2. The predicted molar refractivity (Wildman–Crippen MR) is 86.1 cm³/mol. The van der Waals surface area contributed by atoms with Crippen LogP contribution in [0.5, 0.6) is 0 Å². The normalized spacial score (nSPS) is 11.3. The van der Waals surface area contributed by atoms with Crippen molar-refractivity contribution in [3.8, 4) is 0 Å². The van der Waals surface area contributed by atoms with Gasteiger partial charge in [-0.3, -0.25) is 0 Å². The molecule has 0 radical (unpaired) electrons. The largest absolute Gasteiger partial charge is 0.396 e. The molecule has 0 heterocycles. The van der Waals surface area contributed by atoms with Gasteiger partial charge in [-0.1, -0.05) is 38.1 Å². The number of carbonyl (C=O) groups is 1. The average molecular weight is 292 g/mol. The molecule has 0 aromatic heterocycles. The Morgan fingerprint density at radius 1 is 1.33 bits per heavy atom. The van der Waals surface area contributed by atoms with E-state index in [0.29, 0.717) is 13.1 Å². The van der Waals surface area contributed by atoms with Crippen LogP contribution >= 0.6 is 0 Å². The van der Waals surface area contributed by atoms with Crippen molar-refractivity contribution in [3.63, 3.8) is 0 Å². The summed E-state index contributed by atoms with van der Waals surface area (Å²) in [6.45, 7) is 7.53. The van der Waals surface area contributed by atoms with Gasteiger partial charge in [-0.2, -0.15) is 0 Å². The standard InChI is InChI=1S/C17H28N2O2/c1-14-8-5-6-9-15(14)12-19(4)16(21)18-11-7-10-17(2,3)13-20/h5-6,8-9,20H,7,10-13H2,1-4H3,(H,18,21). The second-order valence-electron chi connectivity index (χ2n) is 6.44. The topological polar surface area (TPSA) is 52.6 Å². The Hall–Kier alpha value is -1.55. The van der Waals surface area contributed by atoms with E-state index in [1.807, 2.05) is 32.0 Å². The van der Waals surface area contributed by atoms with Crippen LogP contribution in [0.15, 0.2) is 24.3 Å². The Balaban J connectivity index is 2.34. The van der Waals surface area contributed by atoms with Gasteiger partial charge in [0.2, 0.25) is 0 Å². The molecule has 0 unspecified atom stereocenters. The molecule has 1 aromatic carbocycles. The van der Waals surface area contributed by atoms with Crippen molar-refractivity contribution < 1.29 is 9.90 Å². The average Bonchev–Trinajstić information content (AvgIpc) is 2.45. The Bertz CT molecular complexity index is 458. The summed E-state index contributed by atoms with van der Waals surface area (Å²) in [5, 5.41) is 12.1. The number of urea groups is 1. The number of aliphatic hydroxyl groups is 1. The first-order valence-corrected chi connectivity index (χ1v) is 7.50. The molecule has 0 bridgehead atoms. The molecule has 21 heavy (non-hydrogen) atoms. The number of aliphatic hydroxyl groups excluding tert-OH is 1. The zero-order valence-corrected chi connectivity index (χ0v) is 13.6. The van der Waals surface area contributed by atoms with Gasteiger partial charge in [0.15, 0.2) is 0 Å². The van der Waals surface area contributed by atoms with Crippen LogP contribution in [-0.2, 0) is 6.54 Å². The SMILES string of the molecule is Cc1ccccc1CN(C)C(=O)NCCCC(C)(C)CO. The summed E-state index contributed by atoms with van der Waals surface area (Å²) >= 11 is 0. The fraction of sp³-hybridized carbons (Fsp3) is 0.588. The maximum absolute atomic E-state index is 12.0. The molecule has 0 aliphatic heterocycles. The number of aryl methyl sites for hydroxylation is 1. The molecule has 2 amide bonds. The van der Waals surface area contributed by atoms with Crippen molar-refractivity contribution >= 4 is 6.03 Å². The lowest BCUT2D eigenvalue weighted by Crippen LogP contribution is -2.37. The Morgan fingerprint density at radius 3 is 2.62 bits per heavy atom. The van der Waals surface area contributed by atoms with Gasteiger partial charge in [0.1, 0.15) is 0 Å². The van der Waals surface area contributed by atoms with Crippen LogP contribution in [0.4, 0.5) is 4.79 Å². The first-order valence-electron chi connectivity index (χ1n) is 7.50. The van der Waals surface area contributed by atoms with Gasteiger partial charge >= 0.3 is 6.03 Å². The number of benzene rings is 1. The van der Waals surface area contributed by atoms with E-state index in [-0.39, 0.29) is 18.1 Å². The summed E-state index contributed by atoms with van der Waals surface area (Å²) in [4.78, 5) is 13.7. The highest BCUT2D eigenvalue weighted by atomic mass is 16.3. The monoisotopic (exact) mass is 292 g/mol. The molecule has 0 saturated heterocycles. The Kier molecular flexibility index (Phi) is 6.69. The summed E-state index contributed by atoms with van der Waals surface area (Å²) in [6.07, 6.45) is 1.77. The minimum Gasteiger partial charge on any atom is -0.396 e. The fourth-order valence-electron chi connectivity index (χ4n) is 2.09. The van der Waals surface area contributed by atoms with Crippen LogP contribution < -0.4 is 5.32 Å². The van der Waals surface area contributed by atoms with Gasteiger partial charge in [0.05, 0.1) is 0 Å². The molecule has 0 atom stereocenters. The van der Waals surface area contributed by atoms with E-state index in [1.165, 1.54) is 5.56 Å². The zero-order valence-electron chi connectivity index (χ0n) is 13.6. The molecule has 0 spiro atoms. The van der Waals surface area contributed by atoms with Crippen molar-refractivity contribution in [2.45, 2.75) is 40.2 Å². The van der Waals surface area contributed by atoms with Crippen LogP contribution in [0.25, 0.3) is 0 Å². The highest BCUT2D eigenvalue weighted by molar-refractivity contribution is 5.73. The predicted octanol–water partition coefficient (Wildman–Crippen LogP) is 2.94. The molecule has 118 valence electrons. The van der Waals surface area contributed by atoms with E-state index in [2.05, 4.69) is 18.3 Å². The van der Waals surface area contributed by atoms with Crippen LogP contribution in [0.1, 0.15) is 37.8 Å². The van der Waals surface area contributed by atoms with E-state index >= 15 is 0 Å². The summed E-state index contributed by atoms with van der Waals surface area (Å²) < 4.78 is 0. The number of rotatable bonds is 7. The van der Waals surface area contributed by atoms with Crippen LogP contribution in [0, 0.1) is 12.3 Å². The summed E-state index contributed by atoms with van der Waals surface area (Å²) in [5.41, 5.74) is 2.29. The first kappa shape index (κ1) is 17.5. The molecular formula is C17H28N2O2. The lowest BCUT2D eigenvalue weighted by Gasteiger charge is -2.22. The van der Waals surface area contributed by atoms with Gasteiger partial charge in [-0.25, -0.2) is 4.79 Å². The fourth-order valence-corrected chi connectivity index (χ4v) is 2.09. The second kappa shape index (κ2) is 8.03. The molecule has 0 aliphatic carbocycles. The van der Waals surface area contributed by atoms with Crippen molar-refractivity contribution in [1.82, 2.24) is 10.2 Å². The number of nitrogens with one attached hydrogen (secondary N) is 1. The molecule has 4 nitrogen and oxygen atoms in total. The van der Waals surface area contributed by atoms with E-state index in [9.17, 15) is 9.90 Å². The van der Waals surface area contributed by atoms with Gasteiger partial charge < -0.3 is 15.3 Å². The van der Waals surface area contributed by atoms with Gasteiger partial charge in [0.25, 0.3) is 0 Å². The van der Waals surface area contributed by atoms with Gasteiger partial charge in [-0.05, 0) is 36.3 Å². The zero-order chi connectivity index (χ0) is 15.9. The van der Waals surface area contributed by atoms with Gasteiger partial charge in [0, 0.05) is 26.7 Å². The lowest BCUT2D eigenvalue weighted by atomic mass is 9.89. The second-order valence-corrected chi connectivity index (χ2v) is 6.44. The molecule has 1 rings (SSSR count). The number of carbonyl (C=O) groups excluding carboxylic acids is 1. The lowest BCUT2D eigenvalue weighted by molar-refractivity contribution is 0.147. The maximum atomic E-state index is 12.0.